The molecule has 5 rings (SSSR count). The Morgan fingerprint density at radius 3 is 2.63 bits per heavy atom. The smallest absolute Gasteiger partial charge is 0.402 e. The highest BCUT2D eigenvalue weighted by molar-refractivity contribution is 7.12. The number of carbonyl (C=O) groups is 1. The fourth-order valence-electron chi connectivity index (χ4n) is 4.08. The molecule has 0 aliphatic carbocycles. The molecule has 0 radical (unpaired) electrons. The number of ether oxygens (including phenoxy) is 1. The highest BCUT2D eigenvalue weighted by atomic mass is 32.1. The number of aliphatic imine (C=N–C) groups is 1. The second-order valence-electron chi connectivity index (χ2n) is 8.49. The average molecular weight is 542 g/mol. The Kier molecular flexibility index (Phi) is 7.34. The molecule has 0 amide bonds. The van der Waals surface area contributed by atoms with Crippen LogP contribution in [-0.2, 0) is 28.5 Å². The van der Waals surface area contributed by atoms with Crippen molar-refractivity contribution in [2.24, 2.45) is 4.99 Å². The SMILES string of the molecule is COCCCc1sc(C(F)(F)F)nc1-c1nnc(N[C@H]2N=C(c3ccccc3)c3ccccc3CC2=O)o1. The van der Waals surface area contributed by atoms with Crippen LogP contribution in [0.5, 0.6) is 0 Å². The molecule has 1 N–H and O–H groups in total. The number of nitrogens with zero attached hydrogens (tertiary/aromatic N) is 4. The second kappa shape index (κ2) is 10.8. The molecule has 2 aromatic carbocycles. The molecule has 1 aliphatic heterocycles. The minimum atomic E-state index is -4.61. The number of nitrogens with one attached hydrogen (secondary N) is 1. The molecule has 38 heavy (non-hydrogen) atoms. The predicted molar refractivity (Wildman–Crippen MR) is 135 cm³/mol. The largest absolute Gasteiger partial charge is 0.443 e. The number of alkyl halides is 3. The van der Waals surface area contributed by atoms with E-state index >= 15 is 0 Å². The van der Waals surface area contributed by atoms with Gasteiger partial charge in [0.1, 0.15) is 5.69 Å². The molecule has 0 saturated carbocycles. The van der Waals surface area contributed by atoms with E-state index in [9.17, 15) is 18.0 Å². The zero-order valence-corrected chi connectivity index (χ0v) is 21.0. The van der Waals surface area contributed by atoms with Gasteiger partial charge in [0.05, 0.1) is 5.71 Å². The van der Waals surface area contributed by atoms with Gasteiger partial charge in [0.2, 0.25) is 0 Å². The number of hydrogen-bond donors (Lipinski definition) is 1. The van der Waals surface area contributed by atoms with Crippen LogP contribution in [0.3, 0.4) is 0 Å². The van der Waals surface area contributed by atoms with Gasteiger partial charge in [0.15, 0.2) is 17.0 Å². The van der Waals surface area contributed by atoms with Crippen molar-refractivity contribution >= 4 is 28.8 Å². The first-order valence-corrected chi connectivity index (χ1v) is 12.6. The summed E-state index contributed by atoms with van der Waals surface area (Å²) in [5.41, 5.74) is 3.09. The maximum Gasteiger partial charge on any atom is 0.443 e. The van der Waals surface area contributed by atoms with Crippen LogP contribution in [0.15, 0.2) is 64.0 Å². The van der Waals surface area contributed by atoms with Crippen molar-refractivity contribution in [1.82, 2.24) is 15.2 Å². The normalized spacial score (nSPS) is 15.6. The Balaban J connectivity index is 1.46. The molecule has 0 spiro atoms. The maximum atomic E-state index is 13.4. The van der Waals surface area contributed by atoms with E-state index in [4.69, 9.17) is 14.1 Å². The molecule has 1 aliphatic rings. The molecule has 8 nitrogen and oxygen atoms in total. The maximum absolute atomic E-state index is 13.4. The molecule has 12 heteroatoms. The number of fused-ring (bicyclic) bond motifs is 1. The Labute approximate surface area is 219 Å². The molecule has 0 bridgehead atoms. The summed E-state index contributed by atoms with van der Waals surface area (Å²) in [5, 5.41) is 9.69. The first-order valence-electron chi connectivity index (χ1n) is 11.7. The van der Waals surface area contributed by atoms with Crippen LogP contribution in [0.25, 0.3) is 11.6 Å². The molecule has 3 heterocycles. The Morgan fingerprint density at radius 1 is 1.11 bits per heavy atom. The zero-order chi connectivity index (χ0) is 26.7. The molecule has 0 unspecified atom stereocenters. The highest BCUT2D eigenvalue weighted by Crippen LogP contribution is 2.38. The van der Waals surface area contributed by atoms with Crippen LogP contribution in [0, 0.1) is 0 Å². The molecule has 196 valence electrons. The van der Waals surface area contributed by atoms with Crippen LogP contribution in [-0.4, -0.2) is 46.6 Å². The zero-order valence-electron chi connectivity index (χ0n) is 20.2. The minimum absolute atomic E-state index is 0.0351. The highest BCUT2D eigenvalue weighted by Gasteiger charge is 2.37. The van der Waals surface area contributed by atoms with Crippen molar-refractivity contribution in [2.75, 3.05) is 19.0 Å². The van der Waals surface area contributed by atoms with Crippen molar-refractivity contribution < 1.29 is 27.1 Å². The first-order chi connectivity index (χ1) is 18.3. The van der Waals surface area contributed by atoms with Gasteiger partial charge in [-0.15, -0.1) is 16.4 Å². The van der Waals surface area contributed by atoms with E-state index in [1.54, 1.807) is 0 Å². The van der Waals surface area contributed by atoms with Gasteiger partial charge in [-0.3, -0.25) is 9.79 Å². The average Bonchev–Trinajstić information content (AvgIpc) is 3.51. The summed E-state index contributed by atoms with van der Waals surface area (Å²) in [5.74, 6) is -0.403. The number of benzene rings is 2. The van der Waals surface area contributed by atoms with E-state index < -0.39 is 17.3 Å². The van der Waals surface area contributed by atoms with Crippen LogP contribution in [0.4, 0.5) is 19.2 Å². The van der Waals surface area contributed by atoms with E-state index in [1.807, 2.05) is 54.6 Å². The number of ketones is 1. The number of rotatable bonds is 8. The Morgan fingerprint density at radius 2 is 1.87 bits per heavy atom. The van der Waals surface area contributed by atoms with Crippen molar-refractivity contribution in [3.63, 3.8) is 0 Å². The van der Waals surface area contributed by atoms with E-state index in [0.29, 0.717) is 41.4 Å². The molecule has 1 atom stereocenters. The molecule has 4 aromatic rings. The number of carbonyl (C=O) groups excluding carboxylic acids is 1. The topological polar surface area (TPSA) is 103 Å². The number of hydrogen-bond acceptors (Lipinski definition) is 9. The number of methoxy groups -OCH3 is 1. The fourth-order valence-corrected chi connectivity index (χ4v) is 5.04. The second-order valence-corrected chi connectivity index (χ2v) is 9.57. The third kappa shape index (κ3) is 5.50. The number of anilines is 1. The Bertz CT molecular complexity index is 1470. The summed E-state index contributed by atoms with van der Waals surface area (Å²) >= 11 is 0.535. The van der Waals surface area contributed by atoms with Gasteiger partial charge in [-0.25, -0.2) is 4.98 Å². The van der Waals surface area contributed by atoms with Crippen molar-refractivity contribution in [2.45, 2.75) is 31.6 Å². The molecule has 0 fully saturated rings. The van der Waals surface area contributed by atoms with E-state index in [2.05, 4.69) is 20.5 Å². The number of halogens is 3. The summed E-state index contributed by atoms with van der Waals surface area (Å²) < 4.78 is 50.7. The van der Waals surface area contributed by atoms with Crippen molar-refractivity contribution in [1.29, 1.82) is 0 Å². The Hall–Kier alpha value is -3.90. The van der Waals surface area contributed by atoms with Gasteiger partial charge < -0.3 is 14.5 Å². The van der Waals surface area contributed by atoms with Crippen LogP contribution in [0.1, 0.15) is 33.0 Å². The van der Waals surface area contributed by atoms with Gasteiger partial charge in [-0.2, -0.15) is 13.2 Å². The molecular formula is C26H22F3N5O3S. The van der Waals surface area contributed by atoms with Gasteiger partial charge >= 0.3 is 12.2 Å². The number of aromatic nitrogens is 3. The van der Waals surface area contributed by atoms with Gasteiger partial charge in [-0.05, 0) is 18.4 Å². The lowest BCUT2D eigenvalue weighted by atomic mass is 9.96. The van der Waals surface area contributed by atoms with Crippen molar-refractivity contribution in [3.8, 4) is 11.6 Å². The summed E-state index contributed by atoms with van der Waals surface area (Å²) in [7, 11) is 1.52. The summed E-state index contributed by atoms with van der Waals surface area (Å²) in [6, 6.07) is 16.8. The van der Waals surface area contributed by atoms with Crippen LogP contribution < -0.4 is 5.32 Å². The third-order valence-electron chi connectivity index (χ3n) is 5.83. The lowest BCUT2D eigenvalue weighted by Gasteiger charge is -2.11. The quantitative estimate of drug-likeness (QED) is 0.306. The lowest BCUT2D eigenvalue weighted by Crippen LogP contribution is -2.29. The monoisotopic (exact) mass is 541 g/mol. The van der Waals surface area contributed by atoms with Gasteiger partial charge in [-0.1, -0.05) is 59.7 Å². The van der Waals surface area contributed by atoms with Gasteiger partial charge in [0.25, 0.3) is 5.89 Å². The lowest BCUT2D eigenvalue weighted by molar-refractivity contribution is -0.137. The van der Waals surface area contributed by atoms with Gasteiger partial charge in [0, 0.05) is 36.1 Å². The minimum Gasteiger partial charge on any atom is -0.402 e. The van der Waals surface area contributed by atoms with Crippen molar-refractivity contribution in [3.05, 3.63) is 81.2 Å². The molecule has 0 saturated heterocycles. The number of aryl methyl sites for hydroxylation is 1. The standard InChI is InChI=1S/C26H22F3N5O3S/c1-36-13-7-12-19-21(31-24(38-19)26(27,28)29)23-33-34-25(37-23)32-22-18(35)14-16-10-5-6-11-17(16)20(30-22)15-8-3-2-4-9-15/h2-6,8-11,22H,7,12-14H2,1H3,(H,32,34)/t22-/m1/s1. The molecule has 2 aromatic heterocycles. The predicted octanol–water partition coefficient (Wildman–Crippen LogP) is 5.19. The first kappa shape index (κ1) is 25.7. The fraction of sp³-hybridized carbons (Fsp3) is 0.269. The third-order valence-corrected chi connectivity index (χ3v) is 6.99. The van der Waals surface area contributed by atoms with Crippen LogP contribution >= 0.6 is 11.3 Å². The summed E-state index contributed by atoms with van der Waals surface area (Å²) in [6.07, 6.45) is -4.74. The number of thiazole rings is 1. The summed E-state index contributed by atoms with van der Waals surface area (Å²) in [4.78, 5) is 21.9. The molecular weight excluding hydrogens is 519 g/mol. The summed E-state index contributed by atoms with van der Waals surface area (Å²) in [6.45, 7) is 0.378. The van der Waals surface area contributed by atoms with E-state index in [-0.39, 0.29) is 29.8 Å². The van der Waals surface area contributed by atoms with E-state index in [1.165, 1.54) is 7.11 Å². The van der Waals surface area contributed by atoms with Crippen LogP contribution in [0.2, 0.25) is 0 Å². The van der Waals surface area contributed by atoms with E-state index in [0.717, 1.165) is 16.7 Å². The number of Topliss-reactive ketones (excluding diaryl/α,β-unsaturated/α-hetero) is 1.